The van der Waals surface area contributed by atoms with Gasteiger partial charge in [-0.25, -0.2) is 0 Å². The van der Waals surface area contributed by atoms with E-state index in [0.29, 0.717) is 12.1 Å². The van der Waals surface area contributed by atoms with Gasteiger partial charge in [0.25, 0.3) is 0 Å². The van der Waals surface area contributed by atoms with E-state index < -0.39 is 5.60 Å². The highest BCUT2D eigenvalue weighted by Gasteiger charge is 2.43. The van der Waals surface area contributed by atoms with Crippen molar-refractivity contribution in [1.82, 2.24) is 4.90 Å². The average Bonchev–Trinajstić information content (AvgIpc) is 2.62. The van der Waals surface area contributed by atoms with Gasteiger partial charge in [0.2, 0.25) is 0 Å². The van der Waals surface area contributed by atoms with E-state index in [-0.39, 0.29) is 5.60 Å². The van der Waals surface area contributed by atoms with E-state index in [1.165, 1.54) is 30.5 Å². The van der Waals surface area contributed by atoms with Crippen LogP contribution in [0.25, 0.3) is 0 Å². The first-order chi connectivity index (χ1) is 12.9. The zero-order chi connectivity index (χ0) is 19.1. The smallest absolute Gasteiger partial charge is 0.0807 e. The second-order valence-electron chi connectivity index (χ2n) is 9.63. The summed E-state index contributed by atoms with van der Waals surface area (Å²) in [7, 11) is 0. The van der Waals surface area contributed by atoms with Gasteiger partial charge >= 0.3 is 0 Å². The lowest BCUT2D eigenvalue weighted by atomic mass is 9.84. The van der Waals surface area contributed by atoms with Crippen molar-refractivity contribution in [2.75, 3.05) is 31.1 Å². The van der Waals surface area contributed by atoms with E-state index in [0.717, 1.165) is 45.4 Å². The first-order valence-electron chi connectivity index (χ1n) is 10.8. The number of aliphatic hydroxyl groups is 1. The number of nitrogens with zero attached hydrogens (tertiary/aromatic N) is 2. The van der Waals surface area contributed by atoms with E-state index in [1.54, 1.807) is 0 Å². The molecule has 0 unspecified atom stereocenters. The predicted octanol–water partition coefficient (Wildman–Crippen LogP) is 3.75. The van der Waals surface area contributed by atoms with Crippen LogP contribution < -0.4 is 4.90 Å². The Morgan fingerprint density at radius 3 is 2.56 bits per heavy atom. The van der Waals surface area contributed by atoms with E-state index in [2.05, 4.69) is 54.8 Å². The summed E-state index contributed by atoms with van der Waals surface area (Å²) in [5, 5.41) is 11.3. The molecule has 150 valence electrons. The Morgan fingerprint density at radius 1 is 1.07 bits per heavy atom. The highest BCUT2D eigenvalue weighted by molar-refractivity contribution is 5.53. The van der Waals surface area contributed by atoms with Gasteiger partial charge in [-0.1, -0.05) is 18.2 Å². The molecule has 0 saturated carbocycles. The summed E-state index contributed by atoms with van der Waals surface area (Å²) in [4.78, 5) is 4.99. The molecule has 1 aromatic rings. The normalized spacial score (nSPS) is 30.7. The fourth-order valence-electron chi connectivity index (χ4n) is 5.37. The van der Waals surface area contributed by atoms with Gasteiger partial charge in [-0.3, -0.25) is 4.90 Å². The number of ether oxygens (including phenoxy) is 1. The van der Waals surface area contributed by atoms with E-state index in [9.17, 15) is 5.11 Å². The van der Waals surface area contributed by atoms with Gasteiger partial charge in [0.1, 0.15) is 0 Å². The topological polar surface area (TPSA) is 35.9 Å². The van der Waals surface area contributed by atoms with Crippen molar-refractivity contribution in [2.45, 2.75) is 82.6 Å². The van der Waals surface area contributed by atoms with Crippen LogP contribution in [0.5, 0.6) is 0 Å². The summed E-state index contributed by atoms with van der Waals surface area (Å²) in [5.41, 5.74) is 2.10. The monoisotopic (exact) mass is 372 g/mol. The van der Waals surface area contributed by atoms with Crippen LogP contribution in [-0.4, -0.2) is 59.5 Å². The third-order valence-electron chi connectivity index (χ3n) is 6.99. The number of piperidine rings is 2. The van der Waals surface area contributed by atoms with Crippen molar-refractivity contribution in [3.8, 4) is 0 Å². The lowest BCUT2D eigenvalue weighted by Crippen LogP contribution is -2.60. The van der Waals surface area contributed by atoms with Gasteiger partial charge in [-0.15, -0.1) is 0 Å². The molecule has 4 nitrogen and oxygen atoms in total. The van der Waals surface area contributed by atoms with Crippen LogP contribution in [0, 0.1) is 6.92 Å². The maximum Gasteiger partial charge on any atom is 0.0807 e. The van der Waals surface area contributed by atoms with Crippen molar-refractivity contribution < 1.29 is 9.84 Å². The zero-order valence-corrected chi connectivity index (χ0v) is 17.3. The van der Waals surface area contributed by atoms with Crippen LogP contribution in [0.2, 0.25) is 0 Å². The molecule has 3 heterocycles. The molecule has 3 fully saturated rings. The molecule has 0 aliphatic carbocycles. The van der Waals surface area contributed by atoms with Gasteiger partial charge in [0, 0.05) is 31.4 Å². The summed E-state index contributed by atoms with van der Waals surface area (Å²) in [6.45, 7) is 10.4. The van der Waals surface area contributed by atoms with Crippen molar-refractivity contribution >= 4 is 5.69 Å². The Bertz CT molecular complexity index is 652. The van der Waals surface area contributed by atoms with Crippen LogP contribution >= 0.6 is 0 Å². The van der Waals surface area contributed by atoms with Crippen LogP contribution in [0.3, 0.4) is 0 Å². The maximum absolute atomic E-state index is 11.3. The van der Waals surface area contributed by atoms with Crippen LogP contribution in [0.4, 0.5) is 5.69 Å². The number of benzene rings is 1. The number of β-amino-alcohol motifs (C(OH)–C–C–N with tert-alkyl or cyclic N) is 1. The number of hydrogen-bond donors (Lipinski definition) is 1. The molecule has 3 saturated heterocycles. The fourth-order valence-corrected chi connectivity index (χ4v) is 5.37. The number of hydrogen-bond acceptors (Lipinski definition) is 4. The molecule has 3 aliphatic heterocycles. The minimum absolute atomic E-state index is 0.0139. The molecule has 3 aliphatic rings. The number of likely N-dealkylation sites (tertiary alicyclic amines) is 1. The number of rotatable bonds is 3. The van der Waals surface area contributed by atoms with Gasteiger partial charge in [-0.2, -0.15) is 0 Å². The highest BCUT2D eigenvalue weighted by atomic mass is 16.5. The fraction of sp³-hybridized carbons (Fsp3) is 0.739. The molecule has 4 heteroatoms. The summed E-state index contributed by atoms with van der Waals surface area (Å²) < 4.78 is 6.39. The first kappa shape index (κ1) is 19.2. The van der Waals surface area contributed by atoms with E-state index >= 15 is 0 Å². The Morgan fingerprint density at radius 2 is 1.81 bits per heavy atom. The summed E-state index contributed by atoms with van der Waals surface area (Å²) in [6, 6.07) is 9.08. The molecule has 0 amide bonds. The lowest BCUT2D eigenvalue weighted by molar-refractivity contribution is -0.167. The minimum atomic E-state index is -0.561. The van der Waals surface area contributed by atoms with Crippen molar-refractivity contribution in [3.05, 3.63) is 29.8 Å². The summed E-state index contributed by atoms with van der Waals surface area (Å²) in [6.07, 6.45) is 6.71. The summed E-state index contributed by atoms with van der Waals surface area (Å²) in [5.74, 6) is 0. The Kier molecular flexibility index (Phi) is 5.26. The van der Waals surface area contributed by atoms with Gasteiger partial charge in [0.15, 0.2) is 0 Å². The average molecular weight is 373 g/mol. The Labute approximate surface area is 164 Å². The molecular weight excluding hydrogens is 336 g/mol. The van der Waals surface area contributed by atoms with E-state index in [1.807, 2.05) is 0 Å². The van der Waals surface area contributed by atoms with Crippen LogP contribution in [0.15, 0.2) is 24.3 Å². The number of anilines is 1. The quantitative estimate of drug-likeness (QED) is 0.877. The third kappa shape index (κ3) is 4.18. The number of para-hydroxylation sites is 1. The van der Waals surface area contributed by atoms with Crippen molar-refractivity contribution in [3.63, 3.8) is 0 Å². The molecule has 0 spiro atoms. The standard InChI is InChI=1S/C23H36N2O2/c1-18-7-4-5-8-19(18)24-15-12-23(26,13-16-24)17-25-14-6-9-21-20(25)10-11-22(2,3)27-21/h4-5,7-8,20-21,26H,6,9-17H2,1-3H3/t20-,21-/m1/s1. The largest absolute Gasteiger partial charge is 0.388 e. The zero-order valence-electron chi connectivity index (χ0n) is 17.3. The highest BCUT2D eigenvalue weighted by Crippen LogP contribution is 2.37. The second kappa shape index (κ2) is 7.38. The Hall–Kier alpha value is -1.10. The SMILES string of the molecule is Cc1ccccc1N1CCC(O)(CN2CCC[C@H]3OC(C)(C)CC[C@H]32)CC1. The third-order valence-corrected chi connectivity index (χ3v) is 6.99. The maximum atomic E-state index is 11.3. The van der Waals surface area contributed by atoms with Crippen molar-refractivity contribution in [1.29, 1.82) is 0 Å². The number of fused-ring (bicyclic) bond motifs is 1. The van der Waals surface area contributed by atoms with Gasteiger partial charge < -0.3 is 14.7 Å². The molecule has 2 atom stereocenters. The number of aryl methyl sites for hydroxylation is 1. The molecule has 27 heavy (non-hydrogen) atoms. The molecule has 1 aromatic carbocycles. The first-order valence-corrected chi connectivity index (χ1v) is 10.8. The molecule has 0 bridgehead atoms. The molecule has 0 radical (unpaired) electrons. The molecular formula is C23H36N2O2. The van der Waals surface area contributed by atoms with Crippen LogP contribution in [-0.2, 0) is 4.74 Å². The predicted molar refractivity (Wildman–Crippen MR) is 110 cm³/mol. The molecule has 0 aromatic heterocycles. The molecule has 1 N–H and O–H groups in total. The van der Waals surface area contributed by atoms with Crippen molar-refractivity contribution in [2.24, 2.45) is 0 Å². The Balaban J connectivity index is 1.38. The second-order valence-corrected chi connectivity index (χ2v) is 9.63. The van der Waals surface area contributed by atoms with Crippen LogP contribution in [0.1, 0.15) is 57.9 Å². The lowest BCUT2D eigenvalue weighted by Gasteiger charge is -2.51. The van der Waals surface area contributed by atoms with Gasteiger partial charge in [-0.05, 0) is 77.5 Å². The molecule has 4 rings (SSSR count). The van der Waals surface area contributed by atoms with Gasteiger partial charge in [0.05, 0.1) is 17.3 Å². The van der Waals surface area contributed by atoms with E-state index in [4.69, 9.17) is 4.74 Å². The minimum Gasteiger partial charge on any atom is -0.388 e. The summed E-state index contributed by atoms with van der Waals surface area (Å²) >= 11 is 0.